The fraction of sp³-hybridized carbons (Fsp3) is 0.423. The van der Waals surface area contributed by atoms with Gasteiger partial charge in [-0.25, -0.2) is 0 Å². The first kappa shape index (κ1) is 26.7. The molecule has 0 saturated carbocycles. The number of piperidine rings is 1. The van der Waals surface area contributed by atoms with E-state index in [1.165, 1.54) is 0 Å². The highest BCUT2D eigenvalue weighted by Crippen LogP contribution is 2.34. The zero-order valence-electron chi connectivity index (χ0n) is 20.2. The van der Waals surface area contributed by atoms with Crippen molar-refractivity contribution >= 4 is 33.7 Å². The van der Waals surface area contributed by atoms with E-state index in [9.17, 15) is 14.4 Å². The van der Waals surface area contributed by atoms with Gasteiger partial charge in [0.05, 0.1) is 17.5 Å². The number of nitrogens with one attached hydrogen (secondary N) is 2. The van der Waals surface area contributed by atoms with Crippen LogP contribution in [-0.2, 0) is 22.6 Å². The number of ether oxygens (including phenoxy) is 1. The molecule has 1 heterocycles. The van der Waals surface area contributed by atoms with Crippen molar-refractivity contribution in [2.45, 2.75) is 32.7 Å². The summed E-state index contributed by atoms with van der Waals surface area (Å²) in [5, 5.41) is 5.94. The van der Waals surface area contributed by atoms with Crippen LogP contribution in [0.3, 0.4) is 0 Å². The highest BCUT2D eigenvalue weighted by atomic mass is 79.9. The van der Waals surface area contributed by atoms with E-state index in [0.717, 1.165) is 22.0 Å². The molecule has 0 aliphatic carbocycles. The van der Waals surface area contributed by atoms with Gasteiger partial charge in [-0.1, -0.05) is 47.1 Å². The summed E-state index contributed by atoms with van der Waals surface area (Å²) in [6.45, 7) is 3.60. The van der Waals surface area contributed by atoms with Gasteiger partial charge in [-0.15, -0.1) is 0 Å². The third-order valence-corrected chi connectivity index (χ3v) is 7.28. The van der Waals surface area contributed by atoms with Crippen molar-refractivity contribution in [1.29, 1.82) is 0 Å². The van der Waals surface area contributed by atoms with Gasteiger partial charge in [-0.3, -0.25) is 14.4 Å². The van der Waals surface area contributed by atoms with Gasteiger partial charge in [-0.05, 0) is 55.6 Å². The van der Waals surface area contributed by atoms with Gasteiger partial charge < -0.3 is 26.0 Å². The second-order valence-corrected chi connectivity index (χ2v) is 9.66. The monoisotopic (exact) mass is 544 g/mol. The SMILES string of the molecule is CCc1ccc(C(N)=O)c(OCC2(C(=O)NCc3ccccc3Br)CCN(C(=O)CNC)CC2)c1. The maximum absolute atomic E-state index is 13.6. The fourth-order valence-corrected chi connectivity index (χ4v) is 4.64. The van der Waals surface area contributed by atoms with Crippen LogP contribution in [0.15, 0.2) is 46.9 Å². The summed E-state index contributed by atoms with van der Waals surface area (Å²) >= 11 is 3.52. The zero-order chi connectivity index (χ0) is 25.4. The molecule has 2 aromatic rings. The standard InChI is InChI=1S/C26H33BrN4O4/c1-3-18-8-9-20(24(28)33)22(14-18)35-17-26(10-12-31(13-11-26)23(32)16-29-2)25(34)30-15-19-6-4-5-7-21(19)27/h4-9,14,29H,3,10-13,15-17H2,1-2H3,(H2,28,33)(H,30,34). The largest absolute Gasteiger partial charge is 0.492 e. The van der Waals surface area contributed by atoms with Crippen LogP contribution in [0, 0.1) is 5.41 Å². The van der Waals surface area contributed by atoms with Gasteiger partial charge in [0.2, 0.25) is 11.8 Å². The molecular formula is C26H33BrN4O4. The number of likely N-dealkylation sites (tertiary alicyclic amines) is 1. The van der Waals surface area contributed by atoms with Crippen LogP contribution in [0.1, 0.15) is 41.3 Å². The molecule has 3 rings (SSSR count). The van der Waals surface area contributed by atoms with Crippen molar-refractivity contribution in [1.82, 2.24) is 15.5 Å². The average Bonchev–Trinajstić information content (AvgIpc) is 2.86. The number of aryl methyl sites for hydroxylation is 1. The van der Waals surface area contributed by atoms with E-state index in [1.54, 1.807) is 24.1 Å². The van der Waals surface area contributed by atoms with Crippen LogP contribution in [0.4, 0.5) is 0 Å². The Hall–Kier alpha value is -2.91. The average molecular weight is 545 g/mol. The summed E-state index contributed by atoms with van der Waals surface area (Å²) in [5.41, 5.74) is 6.96. The number of hydrogen-bond acceptors (Lipinski definition) is 5. The maximum atomic E-state index is 13.6. The zero-order valence-corrected chi connectivity index (χ0v) is 21.8. The fourth-order valence-electron chi connectivity index (χ4n) is 4.21. The molecule has 0 spiro atoms. The molecule has 0 bridgehead atoms. The third kappa shape index (κ3) is 6.61. The molecule has 3 amide bonds. The summed E-state index contributed by atoms with van der Waals surface area (Å²) in [5.74, 6) is -0.338. The normalized spacial score (nSPS) is 14.9. The van der Waals surface area contributed by atoms with E-state index in [0.29, 0.717) is 38.2 Å². The molecule has 1 aliphatic rings. The van der Waals surface area contributed by atoms with Crippen molar-refractivity contribution < 1.29 is 19.1 Å². The first-order valence-electron chi connectivity index (χ1n) is 11.8. The summed E-state index contributed by atoms with van der Waals surface area (Å²) < 4.78 is 7.05. The highest BCUT2D eigenvalue weighted by Gasteiger charge is 2.43. The number of amides is 3. The number of benzene rings is 2. The molecule has 0 aromatic heterocycles. The smallest absolute Gasteiger partial charge is 0.252 e. The van der Waals surface area contributed by atoms with E-state index in [1.807, 2.05) is 37.3 Å². The Balaban J connectivity index is 1.81. The van der Waals surface area contributed by atoms with Crippen LogP contribution in [-0.4, -0.2) is 55.9 Å². The number of hydrogen-bond donors (Lipinski definition) is 3. The number of nitrogens with zero attached hydrogens (tertiary/aromatic N) is 1. The second kappa shape index (κ2) is 12.2. The van der Waals surface area contributed by atoms with Crippen LogP contribution in [0.2, 0.25) is 0 Å². The lowest BCUT2D eigenvalue weighted by molar-refractivity contribution is -0.142. The topological polar surface area (TPSA) is 114 Å². The van der Waals surface area contributed by atoms with E-state index in [4.69, 9.17) is 10.5 Å². The molecule has 35 heavy (non-hydrogen) atoms. The van der Waals surface area contributed by atoms with E-state index >= 15 is 0 Å². The van der Waals surface area contributed by atoms with Gasteiger partial charge in [0.15, 0.2) is 0 Å². The number of carbonyl (C=O) groups excluding carboxylic acids is 3. The predicted molar refractivity (Wildman–Crippen MR) is 138 cm³/mol. The quantitative estimate of drug-likeness (QED) is 0.425. The summed E-state index contributed by atoms with van der Waals surface area (Å²) in [4.78, 5) is 39.7. The van der Waals surface area contributed by atoms with Crippen LogP contribution in [0.25, 0.3) is 0 Å². The first-order valence-corrected chi connectivity index (χ1v) is 12.6. The van der Waals surface area contributed by atoms with Crippen LogP contribution < -0.4 is 21.1 Å². The van der Waals surface area contributed by atoms with Crippen molar-refractivity contribution in [3.63, 3.8) is 0 Å². The lowest BCUT2D eigenvalue weighted by Gasteiger charge is -2.40. The molecule has 2 aromatic carbocycles. The van der Waals surface area contributed by atoms with Crippen molar-refractivity contribution in [3.05, 3.63) is 63.6 Å². The summed E-state index contributed by atoms with van der Waals surface area (Å²) in [7, 11) is 1.73. The molecule has 1 saturated heterocycles. The Morgan fingerprint density at radius 1 is 1.14 bits per heavy atom. The van der Waals surface area contributed by atoms with Gasteiger partial charge in [0, 0.05) is 24.1 Å². The molecule has 4 N–H and O–H groups in total. The lowest BCUT2D eigenvalue weighted by Crippen LogP contribution is -2.53. The van der Waals surface area contributed by atoms with Crippen LogP contribution in [0.5, 0.6) is 5.75 Å². The minimum Gasteiger partial charge on any atom is -0.492 e. The van der Waals surface area contributed by atoms with Gasteiger partial charge in [0.1, 0.15) is 12.4 Å². The summed E-state index contributed by atoms with van der Waals surface area (Å²) in [6.07, 6.45) is 1.67. The van der Waals surface area contributed by atoms with Crippen LogP contribution >= 0.6 is 15.9 Å². The van der Waals surface area contributed by atoms with Gasteiger partial charge in [-0.2, -0.15) is 0 Å². The summed E-state index contributed by atoms with van der Waals surface area (Å²) in [6, 6.07) is 13.0. The van der Waals surface area contributed by atoms with Gasteiger partial charge >= 0.3 is 0 Å². The lowest BCUT2D eigenvalue weighted by atomic mass is 9.78. The molecule has 0 unspecified atom stereocenters. The molecule has 9 heteroatoms. The predicted octanol–water partition coefficient (Wildman–Crippen LogP) is 2.63. The second-order valence-electron chi connectivity index (χ2n) is 8.80. The Morgan fingerprint density at radius 3 is 2.49 bits per heavy atom. The number of rotatable bonds is 10. The third-order valence-electron chi connectivity index (χ3n) is 6.50. The minimum absolute atomic E-state index is 0.00213. The van der Waals surface area contributed by atoms with E-state index < -0.39 is 11.3 Å². The van der Waals surface area contributed by atoms with E-state index in [-0.39, 0.29) is 30.5 Å². The number of primary amides is 1. The molecule has 0 atom stereocenters. The van der Waals surface area contributed by atoms with Crippen molar-refractivity contribution in [3.8, 4) is 5.75 Å². The molecular weight excluding hydrogens is 512 g/mol. The number of likely N-dealkylation sites (N-methyl/N-ethyl adjacent to an activating group) is 1. The van der Waals surface area contributed by atoms with E-state index in [2.05, 4.69) is 26.6 Å². The first-order chi connectivity index (χ1) is 16.8. The molecule has 188 valence electrons. The molecule has 0 radical (unpaired) electrons. The number of halogens is 1. The van der Waals surface area contributed by atoms with Gasteiger partial charge in [0.25, 0.3) is 5.91 Å². The highest BCUT2D eigenvalue weighted by molar-refractivity contribution is 9.10. The molecule has 8 nitrogen and oxygen atoms in total. The Kier molecular flexibility index (Phi) is 9.28. The Bertz CT molecular complexity index is 1070. The number of nitrogens with two attached hydrogens (primary N) is 1. The Morgan fingerprint density at radius 2 is 1.86 bits per heavy atom. The molecule has 1 fully saturated rings. The molecule has 1 aliphatic heterocycles. The number of carbonyl (C=O) groups is 3. The maximum Gasteiger partial charge on any atom is 0.252 e. The Labute approximate surface area is 214 Å². The minimum atomic E-state index is -0.852. The van der Waals surface area contributed by atoms with Crippen molar-refractivity contribution in [2.75, 3.05) is 33.3 Å². The van der Waals surface area contributed by atoms with Crippen molar-refractivity contribution in [2.24, 2.45) is 11.1 Å².